The minimum Gasteiger partial charge on any atom is -0.496 e. The Hall–Kier alpha value is -3.36. The Morgan fingerprint density at radius 1 is 0.973 bits per heavy atom. The van der Waals surface area contributed by atoms with Gasteiger partial charge in [-0.2, -0.15) is 0 Å². The molecule has 0 aliphatic carbocycles. The molecule has 1 heterocycles. The standard InChI is InChI=1S/C28H31ClN4O3S/c1-28(2,3)26(35)33-13-11-32(12-14-33)23-10-9-20(17-22(23)29)30-27(37)31-25(34)21-15-18-7-5-6-8-19(18)16-24(21)36-4/h5-10,15-17H,11-14H2,1-4H3,(H2,30,31,34,37). The highest BCUT2D eigenvalue weighted by Crippen LogP contribution is 2.31. The molecule has 37 heavy (non-hydrogen) atoms. The average molecular weight is 539 g/mol. The molecule has 0 aromatic heterocycles. The van der Waals surface area contributed by atoms with E-state index in [4.69, 9.17) is 28.6 Å². The fraction of sp³-hybridized carbons (Fsp3) is 0.321. The molecule has 0 saturated carbocycles. The number of carbonyl (C=O) groups excluding carboxylic acids is 2. The van der Waals surface area contributed by atoms with E-state index in [9.17, 15) is 9.59 Å². The Labute approximate surface area is 227 Å². The number of halogens is 1. The summed E-state index contributed by atoms with van der Waals surface area (Å²) in [6.45, 7) is 8.54. The van der Waals surface area contributed by atoms with Crippen LogP contribution in [-0.4, -0.2) is 55.1 Å². The summed E-state index contributed by atoms with van der Waals surface area (Å²) in [5.41, 5.74) is 1.56. The molecule has 3 aromatic rings. The molecular formula is C28H31ClN4O3S. The fourth-order valence-electron chi connectivity index (χ4n) is 4.36. The zero-order valence-electron chi connectivity index (χ0n) is 21.4. The quantitative estimate of drug-likeness (QED) is 0.438. The molecule has 1 saturated heterocycles. The Balaban J connectivity index is 1.38. The van der Waals surface area contributed by atoms with Crippen molar-refractivity contribution >= 4 is 62.9 Å². The van der Waals surface area contributed by atoms with E-state index in [1.54, 1.807) is 12.1 Å². The fourth-order valence-corrected chi connectivity index (χ4v) is 4.88. The van der Waals surface area contributed by atoms with Crippen LogP contribution in [0.2, 0.25) is 5.02 Å². The number of fused-ring (bicyclic) bond motifs is 1. The lowest BCUT2D eigenvalue weighted by molar-refractivity contribution is -0.139. The molecule has 0 radical (unpaired) electrons. The highest BCUT2D eigenvalue weighted by molar-refractivity contribution is 7.80. The van der Waals surface area contributed by atoms with Gasteiger partial charge in [0.1, 0.15) is 5.75 Å². The summed E-state index contributed by atoms with van der Waals surface area (Å²) in [6, 6.07) is 16.9. The number of hydrogen-bond donors (Lipinski definition) is 2. The SMILES string of the molecule is COc1cc2ccccc2cc1C(=O)NC(=S)Nc1ccc(N2CCN(C(=O)C(C)(C)C)CC2)c(Cl)c1. The molecule has 3 aromatic carbocycles. The zero-order valence-corrected chi connectivity index (χ0v) is 23.0. The van der Waals surface area contributed by atoms with Gasteiger partial charge in [-0.3, -0.25) is 14.9 Å². The van der Waals surface area contributed by atoms with Crippen LogP contribution >= 0.6 is 23.8 Å². The number of nitrogens with zero attached hydrogens (tertiary/aromatic N) is 2. The molecule has 1 fully saturated rings. The van der Waals surface area contributed by atoms with Gasteiger partial charge < -0.3 is 19.9 Å². The van der Waals surface area contributed by atoms with Gasteiger partial charge in [-0.05, 0) is 53.3 Å². The summed E-state index contributed by atoms with van der Waals surface area (Å²) < 4.78 is 5.43. The van der Waals surface area contributed by atoms with Crippen molar-refractivity contribution < 1.29 is 14.3 Å². The predicted octanol–water partition coefficient (Wildman–Crippen LogP) is 5.32. The van der Waals surface area contributed by atoms with E-state index in [1.807, 2.05) is 68.1 Å². The molecule has 4 rings (SSSR count). The molecule has 1 aliphatic rings. The van der Waals surface area contributed by atoms with E-state index in [-0.39, 0.29) is 22.3 Å². The van der Waals surface area contributed by atoms with E-state index in [0.717, 1.165) is 16.5 Å². The summed E-state index contributed by atoms with van der Waals surface area (Å²) in [5, 5.41) is 8.37. The number of benzene rings is 3. The summed E-state index contributed by atoms with van der Waals surface area (Å²) in [7, 11) is 1.53. The van der Waals surface area contributed by atoms with Crippen LogP contribution in [0.1, 0.15) is 31.1 Å². The predicted molar refractivity (Wildman–Crippen MR) is 154 cm³/mol. The van der Waals surface area contributed by atoms with Gasteiger partial charge in [0.15, 0.2) is 5.11 Å². The molecule has 9 heteroatoms. The molecule has 1 aliphatic heterocycles. The first-order valence-electron chi connectivity index (χ1n) is 12.1. The maximum atomic E-state index is 13.0. The number of methoxy groups -OCH3 is 1. The topological polar surface area (TPSA) is 73.9 Å². The van der Waals surface area contributed by atoms with Crippen molar-refractivity contribution in [1.82, 2.24) is 10.2 Å². The molecular weight excluding hydrogens is 508 g/mol. The van der Waals surface area contributed by atoms with Gasteiger partial charge in [0.25, 0.3) is 5.91 Å². The minimum absolute atomic E-state index is 0.151. The van der Waals surface area contributed by atoms with Crippen molar-refractivity contribution in [3.63, 3.8) is 0 Å². The van der Waals surface area contributed by atoms with Crippen LogP contribution < -0.4 is 20.3 Å². The normalized spacial score (nSPS) is 13.9. The van der Waals surface area contributed by atoms with Gasteiger partial charge in [0.05, 0.1) is 23.4 Å². The van der Waals surface area contributed by atoms with E-state index in [1.165, 1.54) is 7.11 Å². The van der Waals surface area contributed by atoms with Crippen LogP contribution in [0.4, 0.5) is 11.4 Å². The molecule has 0 unspecified atom stereocenters. The number of hydrogen-bond acceptors (Lipinski definition) is 5. The summed E-state index contributed by atoms with van der Waals surface area (Å²) >= 11 is 12.0. The summed E-state index contributed by atoms with van der Waals surface area (Å²) in [5.74, 6) is 0.260. The third-order valence-electron chi connectivity index (χ3n) is 6.29. The first-order valence-corrected chi connectivity index (χ1v) is 12.9. The second-order valence-corrected chi connectivity index (χ2v) is 10.8. The lowest BCUT2D eigenvalue weighted by Crippen LogP contribution is -2.51. The third-order valence-corrected chi connectivity index (χ3v) is 6.80. The van der Waals surface area contributed by atoms with E-state index >= 15 is 0 Å². The first kappa shape index (κ1) is 26.7. The first-order chi connectivity index (χ1) is 17.6. The molecule has 0 bridgehead atoms. The molecule has 7 nitrogen and oxygen atoms in total. The van der Waals surface area contributed by atoms with Crippen molar-refractivity contribution in [2.45, 2.75) is 20.8 Å². The molecule has 194 valence electrons. The van der Waals surface area contributed by atoms with Gasteiger partial charge in [-0.1, -0.05) is 56.6 Å². The van der Waals surface area contributed by atoms with Crippen molar-refractivity contribution in [3.05, 3.63) is 65.2 Å². The van der Waals surface area contributed by atoms with Crippen LogP contribution in [0.3, 0.4) is 0 Å². The molecule has 0 atom stereocenters. The van der Waals surface area contributed by atoms with Crippen LogP contribution in [0, 0.1) is 5.41 Å². The number of thiocarbonyl (C=S) groups is 1. The van der Waals surface area contributed by atoms with E-state index in [2.05, 4.69) is 15.5 Å². The Kier molecular flexibility index (Phi) is 7.90. The lowest BCUT2D eigenvalue weighted by atomic mass is 9.94. The molecule has 0 spiro atoms. The second-order valence-electron chi connectivity index (χ2n) is 10.0. The Morgan fingerprint density at radius 2 is 1.62 bits per heavy atom. The number of nitrogens with one attached hydrogen (secondary N) is 2. The summed E-state index contributed by atoms with van der Waals surface area (Å²) in [4.78, 5) is 29.6. The number of carbonyl (C=O) groups is 2. The minimum atomic E-state index is -0.388. The Bertz CT molecular complexity index is 1350. The van der Waals surface area contributed by atoms with Gasteiger partial charge in [-0.15, -0.1) is 0 Å². The number of piperazine rings is 1. The van der Waals surface area contributed by atoms with Crippen LogP contribution in [0.25, 0.3) is 10.8 Å². The van der Waals surface area contributed by atoms with Crippen molar-refractivity contribution in [2.24, 2.45) is 5.41 Å². The monoisotopic (exact) mass is 538 g/mol. The van der Waals surface area contributed by atoms with Crippen LogP contribution in [-0.2, 0) is 4.79 Å². The van der Waals surface area contributed by atoms with Gasteiger partial charge >= 0.3 is 0 Å². The Morgan fingerprint density at radius 3 is 2.22 bits per heavy atom. The van der Waals surface area contributed by atoms with Crippen molar-refractivity contribution in [2.75, 3.05) is 43.5 Å². The number of amides is 2. The van der Waals surface area contributed by atoms with Crippen LogP contribution in [0.5, 0.6) is 5.75 Å². The zero-order chi connectivity index (χ0) is 26.7. The number of anilines is 2. The van der Waals surface area contributed by atoms with E-state index in [0.29, 0.717) is 48.2 Å². The molecule has 2 N–H and O–H groups in total. The van der Waals surface area contributed by atoms with Gasteiger partial charge in [0, 0.05) is 37.3 Å². The average Bonchev–Trinajstić information content (AvgIpc) is 2.87. The lowest BCUT2D eigenvalue weighted by Gasteiger charge is -2.39. The number of rotatable bonds is 4. The highest BCUT2D eigenvalue weighted by atomic mass is 35.5. The van der Waals surface area contributed by atoms with E-state index < -0.39 is 0 Å². The largest absolute Gasteiger partial charge is 0.496 e. The van der Waals surface area contributed by atoms with Crippen molar-refractivity contribution in [3.8, 4) is 5.75 Å². The van der Waals surface area contributed by atoms with Gasteiger partial charge in [0.2, 0.25) is 5.91 Å². The molecule has 2 amide bonds. The maximum Gasteiger partial charge on any atom is 0.261 e. The smallest absolute Gasteiger partial charge is 0.261 e. The maximum absolute atomic E-state index is 13.0. The van der Waals surface area contributed by atoms with Gasteiger partial charge in [-0.25, -0.2) is 0 Å². The number of ether oxygens (including phenoxy) is 1. The highest BCUT2D eigenvalue weighted by Gasteiger charge is 2.30. The summed E-state index contributed by atoms with van der Waals surface area (Å²) in [6.07, 6.45) is 0. The van der Waals surface area contributed by atoms with Crippen molar-refractivity contribution in [1.29, 1.82) is 0 Å². The van der Waals surface area contributed by atoms with Crippen LogP contribution in [0.15, 0.2) is 54.6 Å². The second kappa shape index (κ2) is 10.9. The third kappa shape index (κ3) is 6.14.